The summed E-state index contributed by atoms with van der Waals surface area (Å²) in [4.78, 5) is 20.9. The van der Waals surface area contributed by atoms with Crippen LogP contribution >= 0.6 is 0 Å². The van der Waals surface area contributed by atoms with Crippen molar-refractivity contribution >= 4 is 22.9 Å². The standard InChI is InChI=1S/C13H21N7/c1-14-13-17-11-10(15-9-16-11)12(18-13)19(2)7-8-20-5-3-4-6-20/h9H,3-8H2,1-2H3,(H2,14,15,16,17,18). The first-order valence-corrected chi connectivity index (χ1v) is 7.10. The molecule has 1 aliphatic heterocycles. The molecule has 1 fully saturated rings. The molecule has 0 bridgehead atoms. The van der Waals surface area contributed by atoms with E-state index in [9.17, 15) is 0 Å². The van der Waals surface area contributed by atoms with Crippen molar-refractivity contribution in [2.24, 2.45) is 0 Å². The summed E-state index contributed by atoms with van der Waals surface area (Å²) < 4.78 is 0. The first kappa shape index (κ1) is 13.1. The van der Waals surface area contributed by atoms with Gasteiger partial charge in [0.2, 0.25) is 5.95 Å². The fourth-order valence-corrected chi connectivity index (χ4v) is 2.61. The maximum absolute atomic E-state index is 4.55. The van der Waals surface area contributed by atoms with E-state index in [1.54, 1.807) is 6.33 Å². The van der Waals surface area contributed by atoms with Gasteiger partial charge in [-0.1, -0.05) is 0 Å². The summed E-state index contributed by atoms with van der Waals surface area (Å²) in [5.74, 6) is 1.50. The molecule has 108 valence electrons. The topological polar surface area (TPSA) is 73.0 Å². The van der Waals surface area contributed by atoms with Crippen molar-refractivity contribution in [3.8, 4) is 0 Å². The Bertz CT molecular complexity index is 573. The Hall–Kier alpha value is -1.89. The average Bonchev–Trinajstić information content (AvgIpc) is 3.14. The quantitative estimate of drug-likeness (QED) is 0.845. The van der Waals surface area contributed by atoms with Gasteiger partial charge in [0.15, 0.2) is 11.5 Å². The molecule has 1 aliphatic rings. The van der Waals surface area contributed by atoms with Gasteiger partial charge in [0.1, 0.15) is 5.52 Å². The van der Waals surface area contributed by atoms with Crippen molar-refractivity contribution < 1.29 is 0 Å². The van der Waals surface area contributed by atoms with E-state index in [2.05, 4.69) is 42.1 Å². The molecule has 7 nitrogen and oxygen atoms in total. The third-order valence-corrected chi connectivity index (χ3v) is 3.80. The summed E-state index contributed by atoms with van der Waals surface area (Å²) in [5.41, 5.74) is 1.60. The van der Waals surface area contributed by atoms with Crippen LogP contribution in [0.5, 0.6) is 0 Å². The Kier molecular flexibility index (Phi) is 3.68. The minimum atomic E-state index is 0.604. The molecule has 3 heterocycles. The molecule has 2 N–H and O–H groups in total. The Morgan fingerprint density at radius 1 is 1.35 bits per heavy atom. The van der Waals surface area contributed by atoms with E-state index in [0.29, 0.717) is 11.6 Å². The van der Waals surface area contributed by atoms with Gasteiger partial charge >= 0.3 is 0 Å². The third-order valence-electron chi connectivity index (χ3n) is 3.80. The number of likely N-dealkylation sites (N-methyl/N-ethyl adjacent to an activating group) is 1. The molecule has 0 aliphatic carbocycles. The number of nitrogens with one attached hydrogen (secondary N) is 2. The monoisotopic (exact) mass is 275 g/mol. The maximum Gasteiger partial charge on any atom is 0.226 e. The Morgan fingerprint density at radius 2 is 2.15 bits per heavy atom. The second kappa shape index (κ2) is 5.62. The summed E-state index contributed by atoms with van der Waals surface area (Å²) in [6.07, 6.45) is 4.31. The van der Waals surface area contributed by atoms with Gasteiger partial charge < -0.3 is 20.1 Å². The molecule has 7 heteroatoms. The molecule has 0 atom stereocenters. The summed E-state index contributed by atoms with van der Waals surface area (Å²) >= 11 is 0. The molecule has 20 heavy (non-hydrogen) atoms. The average molecular weight is 275 g/mol. The lowest BCUT2D eigenvalue weighted by atomic mass is 10.4. The second-order valence-corrected chi connectivity index (χ2v) is 5.19. The van der Waals surface area contributed by atoms with Gasteiger partial charge in [-0.2, -0.15) is 9.97 Å². The highest BCUT2D eigenvalue weighted by atomic mass is 15.3. The van der Waals surface area contributed by atoms with Crippen LogP contribution in [0.3, 0.4) is 0 Å². The first-order chi connectivity index (χ1) is 9.78. The highest BCUT2D eigenvalue weighted by Gasteiger charge is 2.16. The summed E-state index contributed by atoms with van der Waals surface area (Å²) in [5, 5.41) is 2.99. The van der Waals surface area contributed by atoms with Gasteiger partial charge in [0, 0.05) is 27.2 Å². The van der Waals surface area contributed by atoms with E-state index in [1.807, 2.05) is 7.05 Å². The molecular weight excluding hydrogens is 254 g/mol. The molecule has 0 saturated carbocycles. The third kappa shape index (κ3) is 2.53. The minimum Gasteiger partial charge on any atom is -0.357 e. The van der Waals surface area contributed by atoms with Crippen molar-refractivity contribution in [3.05, 3.63) is 6.33 Å². The number of aromatic nitrogens is 4. The van der Waals surface area contributed by atoms with Crippen LogP contribution in [0.2, 0.25) is 0 Å². The van der Waals surface area contributed by atoms with E-state index >= 15 is 0 Å². The van der Waals surface area contributed by atoms with E-state index in [0.717, 1.165) is 24.4 Å². The number of fused-ring (bicyclic) bond motifs is 1. The van der Waals surface area contributed by atoms with Crippen LogP contribution in [0, 0.1) is 0 Å². The molecule has 1 saturated heterocycles. The Labute approximate surface area is 118 Å². The number of rotatable bonds is 5. The summed E-state index contributed by atoms with van der Waals surface area (Å²) in [6, 6.07) is 0. The predicted octanol–water partition coefficient (Wildman–Crippen LogP) is 0.927. The number of nitrogens with zero attached hydrogens (tertiary/aromatic N) is 5. The van der Waals surface area contributed by atoms with Gasteiger partial charge in [-0.05, 0) is 25.9 Å². The molecule has 0 amide bonds. The number of anilines is 2. The van der Waals surface area contributed by atoms with E-state index in [4.69, 9.17) is 0 Å². The van der Waals surface area contributed by atoms with E-state index < -0.39 is 0 Å². The number of aromatic amines is 1. The zero-order valence-electron chi connectivity index (χ0n) is 12.1. The van der Waals surface area contributed by atoms with Gasteiger partial charge in [-0.15, -0.1) is 0 Å². The van der Waals surface area contributed by atoms with Crippen molar-refractivity contribution in [1.82, 2.24) is 24.8 Å². The molecule has 2 aromatic heterocycles. The first-order valence-electron chi connectivity index (χ1n) is 7.10. The predicted molar refractivity (Wildman–Crippen MR) is 80.2 cm³/mol. The summed E-state index contributed by atoms with van der Waals surface area (Å²) in [7, 11) is 3.89. The zero-order valence-corrected chi connectivity index (χ0v) is 12.1. The molecule has 0 unspecified atom stereocenters. The smallest absolute Gasteiger partial charge is 0.226 e. The van der Waals surface area contributed by atoms with Crippen LogP contribution in [0.15, 0.2) is 6.33 Å². The van der Waals surface area contributed by atoms with Crippen LogP contribution in [0.1, 0.15) is 12.8 Å². The Morgan fingerprint density at radius 3 is 2.90 bits per heavy atom. The molecule has 0 spiro atoms. The fourth-order valence-electron chi connectivity index (χ4n) is 2.61. The largest absolute Gasteiger partial charge is 0.357 e. The zero-order chi connectivity index (χ0) is 13.9. The van der Waals surface area contributed by atoms with Gasteiger partial charge in [-0.25, -0.2) is 4.98 Å². The van der Waals surface area contributed by atoms with Gasteiger partial charge in [0.25, 0.3) is 0 Å². The molecule has 0 radical (unpaired) electrons. The van der Waals surface area contributed by atoms with Crippen LogP contribution < -0.4 is 10.2 Å². The van der Waals surface area contributed by atoms with Crippen LogP contribution in [-0.4, -0.2) is 65.1 Å². The number of H-pyrrole nitrogens is 1. The molecule has 0 aromatic carbocycles. The van der Waals surface area contributed by atoms with Gasteiger partial charge in [-0.3, -0.25) is 0 Å². The van der Waals surface area contributed by atoms with Crippen molar-refractivity contribution in [3.63, 3.8) is 0 Å². The lowest BCUT2D eigenvalue weighted by Gasteiger charge is -2.22. The fraction of sp³-hybridized carbons (Fsp3) is 0.615. The number of likely N-dealkylation sites (tertiary alicyclic amines) is 1. The highest BCUT2D eigenvalue weighted by molar-refractivity contribution is 5.84. The lowest BCUT2D eigenvalue weighted by Crippen LogP contribution is -2.32. The van der Waals surface area contributed by atoms with E-state index in [-0.39, 0.29) is 0 Å². The second-order valence-electron chi connectivity index (χ2n) is 5.19. The van der Waals surface area contributed by atoms with Crippen LogP contribution in [0.25, 0.3) is 11.2 Å². The summed E-state index contributed by atoms with van der Waals surface area (Å²) in [6.45, 7) is 4.47. The van der Waals surface area contributed by atoms with Crippen molar-refractivity contribution in [2.75, 3.05) is 50.5 Å². The highest BCUT2D eigenvalue weighted by Crippen LogP contribution is 2.21. The maximum atomic E-state index is 4.55. The lowest BCUT2D eigenvalue weighted by molar-refractivity contribution is 0.346. The minimum absolute atomic E-state index is 0.604. The number of imidazole rings is 1. The number of hydrogen-bond acceptors (Lipinski definition) is 6. The van der Waals surface area contributed by atoms with Crippen LogP contribution in [-0.2, 0) is 0 Å². The van der Waals surface area contributed by atoms with Gasteiger partial charge in [0.05, 0.1) is 6.33 Å². The SMILES string of the molecule is CNc1nc(N(C)CCN2CCCC2)c2[nH]cnc2n1. The van der Waals surface area contributed by atoms with Crippen molar-refractivity contribution in [1.29, 1.82) is 0 Å². The Balaban J connectivity index is 1.78. The molecule has 2 aromatic rings. The van der Waals surface area contributed by atoms with Crippen molar-refractivity contribution in [2.45, 2.75) is 12.8 Å². The van der Waals surface area contributed by atoms with Crippen LogP contribution in [0.4, 0.5) is 11.8 Å². The van der Waals surface area contributed by atoms with E-state index in [1.165, 1.54) is 25.9 Å². The molecule has 3 rings (SSSR count). The number of hydrogen-bond donors (Lipinski definition) is 2. The molecular formula is C13H21N7. The normalized spacial score (nSPS) is 15.9.